The van der Waals surface area contributed by atoms with Crippen molar-refractivity contribution in [1.29, 1.82) is 0 Å². The Labute approximate surface area is 160 Å². The normalized spacial score (nSPS) is 18.3. The molecule has 1 unspecified atom stereocenters. The van der Waals surface area contributed by atoms with Gasteiger partial charge in [-0.05, 0) is 61.6 Å². The molecule has 0 bridgehead atoms. The average Bonchev–Trinajstić information content (AvgIpc) is 2.66. The Balaban J connectivity index is 1.62. The number of methoxy groups -OCH3 is 1. The molecule has 1 aromatic heterocycles. The molecular formula is C21H28N2O4. The van der Waals surface area contributed by atoms with Gasteiger partial charge in [0, 0.05) is 37.5 Å². The van der Waals surface area contributed by atoms with Crippen LogP contribution in [0.3, 0.4) is 0 Å². The van der Waals surface area contributed by atoms with Crippen molar-refractivity contribution in [2.24, 2.45) is 0 Å². The number of hydrogen-bond donors (Lipinski definition) is 3. The van der Waals surface area contributed by atoms with Crippen molar-refractivity contribution in [2.75, 3.05) is 26.7 Å². The number of aryl methyl sites for hydroxylation is 2. The van der Waals surface area contributed by atoms with Gasteiger partial charge in [0.05, 0.1) is 18.8 Å². The van der Waals surface area contributed by atoms with Gasteiger partial charge in [-0.25, -0.2) is 4.98 Å². The SMILES string of the molecule is COc1ccc(C2(O)CCN(CC(O)c3cc(C)c(O)cc3C)CC2)cn1. The summed E-state index contributed by atoms with van der Waals surface area (Å²) in [4.78, 5) is 6.36. The largest absolute Gasteiger partial charge is 0.508 e. The fraction of sp³-hybridized carbons (Fsp3) is 0.476. The molecule has 1 saturated heterocycles. The van der Waals surface area contributed by atoms with E-state index < -0.39 is 11.7 Å². The molecule has 1 atom stereocenters. The second kappa shape index (κ2) is 7.84. The van der Waals surface area contributed by atoms with E-state index in [-0.39, 0.29) is 5.75 Å². The number of β-amino-alcohol motifs (C(OH)–C–C–N with tert-alkyl or cyclic N) is 1. The molecule has 1 aliphatic rings. The van der Waals surface area contributed by atoms with E-state index in [1.54, 1.807) is 25.4 Å². The van der Waals surface area contributed by atoms with Crippen LogP contribution in [0.25, 0.3) is 0 Å². The van der Waals surface area contributed by atoms with E-state index in [4.69, 9.17) is 4.74 Å². The molecule has 3 rings (SSSR count). The maximum Gasteiger partial charge on any atom is 0.212 e. The Bertz CT molecular complexity index is 784. The van der Waals surface area contributed by atoms with E-state index in [1.807, 2.05) is 26.0 Å². The van der Waals surface area contributed by atoms with Crippen molar-refractivity contribution in [3.05, 3.63) is 52.7 Å². The van der Waals surface area contributed by atoms with E-state index in [1.165, 1.54) is 0 Å². The molecule has 0 spiro atoms. The molecule has 27 heavy (non-hydrogen) atoms. The summed E-state index contributed by atoms with van der Waals surface area (Å²) >= 11 is 0. The van der Waals surface area contributed by atoms with Crippen LogP contribution in [0.2, 0.25) is 0 Å². The van der Waals surface area contributed by atoms with Crippen molar-refractivity contribution in [2.45, 2.75) is 38.4 Å². The Morgan fingerprint density at radius 2 is 1.89 bits per heavy atom. The number of benzene rings is 1. The molecule has 2 heterocycles. The number of phenols is 1. The van der Waals surface area contributed by atoms with Crippen LogP contribution in [0, 0.1) is 13.8 Å². The van der Waals surface area contributed by atoms with Crippen LogP contribution in [0.5, 0.6) is 11.6 Å². The highest BCUT2D eigenvalue weighted by Gasteiger charge is 2.35. The molecule has 1 aromatic carbocycles. The number of nitrogens with zero attached hydrogens (tertiary/aromatic N) is 2. The van der Waals surface area contributed by atoms with Gasteiger partial charge >= 0.3 is 0 Å². The minimum Gasteiger partial charge on any atom is -0.508 e. The number of piperidine rings is 1. The van der Waals surface area contributed by atoms with Crippen LogP contribution < -0.4 is 4.74 Å². The lowest BCUT2D eigenvalue weighted by molar-refractivity contribution is -0.0347. The van der Waals surface area contributed by atoms with Crippen molar-refractivity contribution in [3.63, 3.8) is 0 Å². The molecule has 0 aliphatic carbocycles. The first kappa shape index (κ1) is 19.6. The molecule has 146 valence electrons. The minimum atomic E-state index is -0.897. The van der Waals surface area contributed by atoms with Crippen molar-refractivity contribution in [3.8, 4) is 11.6 Å². The topological polar surface area (TPSA) is 86.1 Å². The van der Waals surface area contributed by atoms with Gasteiger partial charge in [-0.1, -0.05) is 0 Å². The first-order chi connectivity index (χ1) is 12.8. The van der Waals surface area contributed by atoms with Gasteiger partial charge in [0.25, 0.3) is 0 Å². The number of hydrogen-bond acceptors (Lipinski definition) is 6. The lowest BCUT2D eigenvalue weighted by atomic mass is 9.85. The third-order valence-corrected chi connectivity index (χ3v) is 5.54. The number of ether oxygens (including phenoxy) is 1. The Morgan fingerprint density at radius 1 is 1.19 bits per heavy atom. The summed E-state index contributed by atoms with van der Waals surface area (Å²) in [7, 11) is 1.57. The number of aromatic hydroxyl groups is 1. The molecule has 1 fully saturated rings. The summed E-state index contributed by atoms with van der Waals surface area (Å²) < 4.78 is 5.07. The zero-order chi connectivity index (χ0) is 19.6. The zero-order valence-electron chi connectivity index (χ0n) is 16.1. The van der Waals surface area contributed by atoms with E-state index in [0.29, 0.717) is 38.4 Å². The lowest BCUT2D eigenvalue weighted by Crippen LogP contribution is -2.44. The second-order valence-corrected chi connectivity index (χ2v) is 7.43. The van der Waals surface area contributed by atoms with Gasteiger partial charge in [-0.3, -0.25) is 0 Å². The predicted octanol–water partition coefficient (Wildman–Crippen LogP) is 2.43. The van der Waals surface area contributed by atoms with Gasteiger partial charge in [0.15, 0.2) is 0 Å². The first-order valence-electron chi connectivity index (χ1n) is 9.26. The number of aliphatic hydroxyl groups is 2. The Kier molecular flexibility index (Phi) is 5.69. The van der Waals surface area contributed by atoms with Crippen LogP contribution in [0.4, 0.5) is 0 Å². The highest BCUT2D eigenvalue weighted by atomic mass is 16.5. The summed E-state index contributed by atoms with van der Waals surface area (Å²) in [5, 5.41) is 31.4. The minimum absolute atomic E-state index is 0.250. The first-order valence-corrected chi connectivity index (χ1v) is 9.26. The van der Waals surface area contributed by atoms with Crippen LogP contribution in [0.15, 0.2) is 30.5 Å². The Hall–Kier alpha value is -2.15. The summed E-state index contributed by atoms with van der Waals surface area (Å²) in [5.41, 5.74) is 2.38. The second-order valence-electron chi connectivity index (χ2n) is 7.43. The molecule has 0 radical (unpaired) electrons. The molecule has 6 heteroatoms. The number of aliphatic hydroxyl groups excluding tert-OH is 1. The van der Waals surface area contributed by atoms with E-state index in [0.717, 1.165) is 22.3 Å². The molecule has 2 aromatic rings. The molecule has 0 saturated carbocycles. The van der Waals surface area contributed by atoms with E-state index in [9.17, 15) is 15.3 Å². The fourth-order valence-corrected chi connectivity index (χ4v) is 3.70. The molecule has 3 N–H and O–H groups in total. The monoisotopic (exact) mass is 372 g/mol. The van der Waals surface area contributed by atoms with Gasteiger partial charge in [0.2, 0.25) is 5.88 Å². The quantitative estimate of drug-likeness (QED) is 0.747. The van der Waals surface area contributed by atoms with Gasteiger partial charge < -0.3 is 25.0 Å². The lowest BCUT2D eigenvalue weighted by Gasteiger charge is -2.39. The van der Waals surface area contributed by atoms with E-state index in [2.05, 4.69) is 9.88 Å². The van der Waals surface area contributed by atoms with Gasteiger partial charge in [-0.15, -0.1) is 0 Å². The fourth-order valence-electron chi connectivity index (χ4n) is 3.70. The average molecular weight is 372 g/mol. The van der Waals surface area contributed by atoms with Crippen molar-refractivity contribution < 1.29 is 20.1 Å². The van der Waals surface area contributed by atoms with Crippen molar-refractivity contribution >= 4 is 0 Å². The van der Waals surface area contributed by atoms with Gasteiger partial charge in [0.1, 0.15) is 5.75 Å². The third kappa shape index (κ3) is 4.24. The maximum absolute atomic E-state index is 11.0. The van der Waals surface area contributed by atoms with Crippen LogP contribution in [0.1, 0.15) is 41.2 Å². The van der Waals surface area contributed by atoms with Gasteiger partial charge in [-0.2, -0.15) is 0 Å². The van der Waals surface area contributed by atoms with Crippen LogP contribution in [-0.4, -0.2) is 51.9 Å². The van der Waals surface area contributed by atoms with Crippen LogP contribution in [-0.2, 0) is 5.60 Å². The van der Waals surface area contributed by atoms with Crippen molar-refractivity contribution in [1.82, 2.24) is 9.88 Å². The molecule has 6 nitrogen and oxygen atoms in total. The maximum atomic E-state index is 11.0. The van der Waals surface area contributed by atoms with E-state index >= 15 is 0 Å². The predicted molar refractivity (Wildman–Crippen MR) is 103 cm³/mol. The Morgan fingerprint density at radius 3 is 2.48 bits per heavy atom. The zero-order valence-corrected chi connectivity index (χ0v) is 16.1. The molecular weight excluding hydrogens is 344 g/mol. The third-order valence-electron chi connectivity index (χ3n) is 5.54. The number of likely N-dealkylation sites (tertiary alicyclic amines) is 1. The number of phenolic OH excluding ortho intramolecular Hbond substituents is 1. The summed E-state index contributed by atoms with van der Waals surface area (Å²) in [6.07, 6.45) is 2.22. The summed E-state index contributed by atoms with van der Waals surface area (Å²) in [6.45, 7) is 5.60. The van der Waals surface area contributed by atoms with Crippen LogP contribution >= 0.6 is 0 Å². The number of rotatable bonds is 5. The summed E-state index contributed by atoms with van der Waals surface area (Å²) in [5.74, 6) is 0.780. The summed E-state index contributed by atoms with van der Waals surface area (Å²) in [6, 6.07) is 7.16. The smallest absolute Gasteiger partial charge is 0.212 e. The highest BCUT2D eigenvalue weighted by molar-refractivity contribution is 5.41. The molecule has 1 aliphatic heterocycles. The number of aromatic nitrogens is 1. The molecule has 0 amide bonds. The number of pyridine rings is 1. The highest BCUT2D eigenvalue weighted by Crippen LogP contribution is 2.34. The standard InChI is InChI=1S/C21H28N2O4/c1-14-11-18(24)15(2)10-17(14)19(25)13-23-8-6-21(26,7-9-23)16-4-5-20(27-3)22-12-16/h4-5,10-12,19,24-26H,6-9,13H2,1-3H3.